The van der Waals surface area contributed by atoms with Crippen LogP contribution in [0.5, 0.6) is 0 Å². The highest BCUT2D eigenvalue weighted by Gasteiger charge is 2.29. The standard InChI is InChI=1S/C28H25ClN2O5/c1-3-35-28(34)31(24-7-5-4-6-23(24)29)27-18(2)36-30-26(27)22-15-13-21(14-16-22)20-11-8-19(9-12-20)10-17-25(32)33/h4-9,11-16H,3,10,17H2,1-2H3,(H,32,33). The zero-order valence-electron chi connectivity index (χ0n) is 19.9. The van der Waals surface area contributed by atoms with Crippen molar-refractivity contribution in [1.29, 1.82) is 0 Å². The van der Waals surface area contributed by atoms with E-state index in [0.29, 0.717) is 34.3 Å². The monoisotopic (exact) mass is 504 g/mol. The fourth-order valence-corrected chi connectivity index (χ4v) is 4.11. The van der Waals surface area contributed by atoms with E-state index in [0.717, 1.165) is 22.3 Å². The Morgan fingerprint density at radius 1 is 0.972 bits per heavy atom. The van der Waals surface area contributed by atoms with Crippen LogP contribution >= 0.6 is 11.6 Å². The van der Waals surface area contributed by atoms with Crippen molar-refractivity contribution in [3.05, 3.63) is 89.1 Å². The Bertz CT molecular complexity index is 1360. The Hall–Kier alpha value is -4.10. The van der Waals surface area contributed by atoms with Crippen molar-refractivity contribution >= 4 is 35.0 Å². The molecule has 3 aromatic carbocycles. The number of hydrogen-bond acceptors (Lipinski definition) is 5. The molecule has 0 radical (unpaired) electrons. The van der Waals surface area contributed by atoms with Crippen LogP contribution in [0.3, 0.4) is 0 Å². The third-order valence-electron chi connectivity index (χ3n) is 5.67. The predicted octanol–water partition coefficient (Wildman–Crippen LogP) is 7.28. The first kappa shape index (κ1) is 25.0. The number of carbonyl (C=O) groups excluding carboxylic acids is 1. The number of ether oxygens (including phenoxy) is 1. The molecule has 1 aromatic heterocycles. The van der Waals surface area contributed by atoms with E-state index in [1.54, 1.807) is 38.1 Å². The van der Waals surface area contributed by atoms with Crippen molar-refractivity contribution < 1.29 is 24.0 Å². The van der Waals surface area contributed by atoms with Crippen molar-refractivity contribution in [3.8, 4) is 22.4 Å². The van der Waals surface area contributed by atoms with Gasteiger partial charge in [0.2, 0.25) is 0 Å². The minimum atomic E-state index is -0.812. The second kappa shape index (κ2) is 11.1. The lowest BCUT2D eigenvalue weighted by Gasteiger charge is -2.23. The first-order valence-electron chi connectivity index (χ1n) is 11.5. The van der Waals surface area contributed by atoms with Gasteiger partial charge in [0.05, 0.1) is 17.3 Å². The zero-order chi connectivity index (χ0) is 25.7. The van der Waals surface area contributed by atoms with E-state index >= 15 is 0 Å². The molecular weight excluding hydrogens is 480 g/mol. The van der Waals surface area contributed by atoms with Gasteiger partial charge in [-0.2, -0.15) is 0 Å². The summed E-state index contributed by atoms with van der Waals surface area (Å²) >= 11 is 6.44. The number of amides is 1. The van der Waals surface area contributed by atoms with Crippen LogP contribution in [-0.4, -0.2) is 28.9 Å². The van der Waals surface area contributed by atoms with Crippen LogP contribution in [0.1, 0.15) is 24.7 Å². The lowest BCUT2D eigenvalue weighted by Crippen LogP contribution is -2.27. The predicted molar refractivity (Wildman–Crippen MR) is 139 cm³/mol. The molecule has 184 valence electrons. The number of para-hydroxylation sites is 1. The van der Waals surface area contributed by atoms with Gasteiger partial charge < -0.3 is 14.4 Å². The Morgan fingerprint density at radius 3 is 2.19 bits per heavy atom. The molecule has 1 heterocycles. The van der Waals surface area contributed by atoms with E-state index in [1.807, 2.05) is 48.5 Å². The minimum Gasteiger partial charge on any atom is -0.481 e. The average Bonchev–Trinajstić information content (AvgIpc) is 3.25. The molecule has 7 nitrogen and oxygen atoms in total. The molecule has 4 aromatic rings. The molecule has 0 saturated heterocycles. The number of nitrogens with zero attached hydrogens (tertiary/aromatic N) is 2. The number of carbonyl (C=O) groups is 2. The number of anilines is 2. The topological polar surface area (TPSA) is 92.9 Å². The number of aryl methyl sites for hydroxylation is 2. The highest BCUT2D eigenvalue weighted by molar-refractivity contribution is 6.34. The number of rotatable bonds is 8. The number of carboxylic acids is 1. The van der Waals surface area contributed by atoms with Crippen LogP contribution in [0.2, 0.25) is 5.02 Å². The molecule has 4 rings (SSSR count). The van der Waals surface area contributed by atoms with Crippen LogP contribution in [0, 0.1) is 6.92 Å². The lowest BCUT2D eigenvalue weighted by atomic mass is 10.00. The first-order valence-corrected chi connectivity index (χ1v) is 11.9. The number of aromatic nitrogens is 1. The highest BCUT2D eigenvalue weighted by atomic mass is 35.5. The van der Waals surface area contributed by atoms with Gasteiger partial charge in [0.1, 0.15) is 11.4 Å². The molecule has 8 heteroatoms. The summed E-state index contributed by atoms with van der Waals surface area (Å²) in [7, 11) is 0. The fraction of sp³-hybridized carbons (Fsp3) is 0.179. The van der Waals surface area contributed by atoms with Crippen molar-refractivity contribution in [2.45, 2.75) is 26.7 Å². The maximum atomic E-state index is 13.0. The minimum absolute atomic E-state index is 0.102. The van der Waals surface area contributed by atoms with Crippen LogP contribution < -0.4 is 4.90 Å². The van der Waals surface area contributed by atoms with Crippen LogP contribution in [-0.2, 0) is 16.0 Å². The molecule has 0 spiro atoms. The number of halogens is 1. The normalized spacial score (nSPS) is 10.8. The summed E-state index contributed by atoms with van der Waals surface area (Å²) in [6.07, 6.45) is 0.00759. The molecule has 0 unspecified atom stereocenters. The number of benzene rings is 3. The Kier molecular flexibility index (Phi) is 7.71. The molecular formula is C28H25ClN2O5. The van der Waals surface area contributed by atoms with Gasteiger partial charge in [0, 0.05) is 12.0 Å². The molecule has 0 aliphatic heterocycles. The molecule has 0 aliphatic rings. The summed E-state index contributed by atoms with van der Waals surface area (Å²) in [5.74, 6) is -0.368. The smallest absolute Gasteiger partial charge is 0.419 e. The molecule has 1 amide bonds. The quantitative estimate of drug-likeness (QED) is 0.271. The van der Waals surface area contributed by atoms with E-state index in [-0.39, 0.29) is 13.0 Å². The zero-order valence-corrected chi connectivity index (χ0v) is 20.7. The summed E-state index contributed by atoms with van der Waals surface area (Å²) in [5.41, 5.74) is 5.11. The molecule has 0 fully saturated rings. The van der Waals surface area contributed by atoms with Crippen molar-refractivity contribution in [1.82, 2.24) is 5.16 Å². The third-order valence-corrected chi connectivity index (χ3v) is 5.99. The summed E-state index contributed by atoms with van der Waals surface area (Å²) in [5, 5.41) is 13.5. The van der Waals surface area contributed by atoms with Gasteiger partial charge in [-0.05, 0) is 49.1 Å². The Morgan fingerprint density at radius 2 is 1.58 bits per heavy atom. The second-order valence-corrected chi connectivity index (χ2v) is 8.50. The second-order valence-electron chi connectivity index (χ2n) is 8.09. The Balaban J connectivity index is 1.67. The van der Waals surface area contributed by atoms with E-state index in [2.05, 4.69) is 5.16 Å². The van der Waals surface area contributed by atoms with Gasteiger partial charge in [-0.1, -0.05) is 77.4 Å². The van der Waals surface area contributed by atoms with Gasteiger partial charge in [-0.3, -0.25) is 4.79 Å². The molecule has 0 saturated carbocycles. The lowest BCUT2D eigenvalue weighted by molar-refractivity contribution is -0.136. The molecule has 36 heavy (non-hydrogen) atoms. The maximum Gasteiger partial charge on any atom is 0.419 e. The summed E-state index contributed by atoms with van der Waals surface area (Å²) < 4.78 is 10.8. The highest BCUT2D eigenvalue weighted by Crippen LogP contribution is 2.40. The van der Waals surface area contributed by atoms with Crippen LogP contribution in [0.15, 0.2) is 77.3 Å². The molecule has 0 bridgehead atoms. The maximum absolute atomic E-state index is 13.0. The average molecular weight is 505 g/mol. The van der Waals surface area contributed by atoms with E-state index in [4.69, 9.17) is 26.0 Å². The van der Waals surface area contributed by atoms with Crippen LogP contribution in [0.25, 0.3) is 22.4 Å². The fourth-order valence-electron chi connectivity index (χ4n) is 3.89. The summed E-state index contributed by atoms with van der Waals surface area (Å²) in [4.78, 5) is 25.2. The Labute approximate surface area is 213 Å². The van der Waals surface area contributed by atoms with Crippen molar-refractivity contribution in [3.63, 3.8) is 0 Å². The number of hydrogen-bond donors (Lipinski definition) is 1. The van der Waals surface area contributed by atoms with E-state index < -0.39 is 12.1 Å². The van der Waals surface area contributed by atoms with Gasteiger partial charge in [0.25, 0.3) is 0 Å². The third kappa shape index (κ3) is 5.42. The van der Waals surface area contributed by atoms with Crippen molar-refractivity contribution in [2.75, 3.05) is 11.5 Å². The van der Waals surface area contributed by atoms with Gasteiger partial charge in [-0.15, -0.1) is 0 Å². The molecule has 1 N–H and O–H groups in total. The molecule has 0 atom stereocenters. The van der Waals surface area contributed by atoms with Crippen LogP contribution in [0.4, 0.5) is 16.2 Å². The first-order chi connectivity index (χ1) is 17.4. The molecule has 0 aliphatic carbocycles. The largest absolute Gasteiger partial charge is 0.481 e. The van der Waals surface area contributed by atoms with Crippen molar-refractivity contribution in [2.24, 2.45) is 0 Å². The number of carboxylic acid groups (broad SMARTS) is 1. The van der Waals surface area contributed by atoms with E-state index in [9.17, 15) is 9.59 Å². The van der Waals surface area contributed by atoms with E-state index in [1.165, 1.54) is 4.90 Å². The van der Waals surface area contributed by atoms with Gasteiger partial charge in [0.15, 0.2) is 5.76 Å². The SMILES string of the molecule is CCOC(=O)N(c1ccccc1Cl)c1c(-c2ccc(-c3ccc(CCC(=O)O)cc3)cc2)noc1C. The number of aliphatic carboxylic acids is 1. The van der Waals surface area contributed by atoms with Gasteiger partial charge >= 0.3 is 12.1 Å². The summed E-state index contributed by atoms with van der Waals surface area (Å²) in [6.45, 7) is 3.67. The summed E-state index contributed by atoms with van der Waals surface area (Å²) in [6, 6.07) is 22.6. The van der Waals surface area contributed by atoms with Gasteiger partial charge in [-0.25, -0.2) is 9.69 Å².